The van der Waals surface area contributed by atoms with Gasteiger partial charge in [-0.3, -0.25) is 14.3 Å². The average Bonchev–Trinajstić information content (AvgIpc) is 3.09. The monoisotopic (exact) mass is 454 g/mol. The topological polar surface area (TPSA) is 81.4 Å². The zero-order chi connectivity index (χ0) is 23.1. The molecule has 0 fully saturated rings. The van der Waals surface area contributed by atoms with Crippen LogP contribution in [0.1, 0.15) is 47.5 Å². The molecule has 3 rings (SSSR count). The molecule has 0 aliphatic rings. The zero-order valence-electron chi connectivity index (χ0n) is 18.3. The van der Waals surface area contributed by atoms with Crippen LogP contribution in [0.2, 0.25) is 5.02 Å². The van der Waals surface area contributed by atoms with Crippen molar-refractivity contribution in [2.24, 2.45) is 0 Å². The predicted molar refractivity (Wildman–Crippen MR) is 123 cm³/mol. The fourth-order valence-corrected chi connectivity index (χ4v) is 3.87. The van der Waals surface area contributed by atoms with Crippen LogP contribution in [0.15, 0.2) is 48.5 Å². The summed E-state index contributed by atoms with van der Waals surface area (Å²) in [4.78, 5) is 23.5. The molecule has 6 nitrogen and oxygen atoms in total. The van der Waals surface area contributed by atoms with Crippen molar-refractivity contribution in [3.8, 4) is 0 Å². The summed E-state index contributed by atoms with van der Waals surface area (Å²) in [5.74, 6) is -1.16. The summed E-state index contributed by atoms with van der Waals surface area (Å²) in [6.07, 6.45) is 1.57. The first-order chi connectivity index (χ1) is 15.4. The highest BCUT2D eigenvalue weighted by Gasteiger charge is 2.18. The van der Waals surface area contributed by atoms with Crippen molar-refractivity contribution in [1.29, 1.82) is 0 Å². The van der Waals surface area contributed by atoms with E-state index in [2.05, 4.69) is 5.10 Å². The van der Waals surface area contributed by atoms with Crippen molar-refractivity contribution in [2.75, 3.05) is 0 Å². The van der Waals surface area contributed by atoms with E-state index in [1.165, 1.54) is 0 Å². The Balaban J connectivity index is 1.63. The van der Waals surface area contributed by atoms with E-state index >= 15 is 0 Å². The highest BCUT2D eigenvalue weighted by Crippen LogP contribution is 2.19. The van der Waals surface area contributed by atoms with E-state index in [-0.39, 0.29) is 25.4 Å². The number of aryl methyl sites for hydroxylation is 1. The third kappa shape index (κ3) is 5.98. The van der Waals surface area contributed by atoms with Crippen LogP contribution in [0.5, 0.6) is 0 Å². The second-order valence-corrected chi connectivity index (χ2v) is 7.96. The van der Waals surface area contributed by atoms with E-state index in [9.17, 15) is 14.7 Å². The molecule has 0 saturated heterocycles. The van der Waals surface area contributed by atoms with Crippen molar-refractivity contribution in [3.63, 3.8) is 0 Å². The average molecular weight is 455 g/mol. The Bertz CT molecular complexity index is 1090. The number of halogens is 1. The van der Waals surface area contributed by atoms with Gasteiger partial charge in [-0.25, -0.2) is 0 Å². The number of carboxylic acids is 1. The first-order valence-electron chi connectivity index (χ1n) is 10.7. The number of carbonyl (C=O) groups is 2. The van der Waals surface area contributed by atoms with Crippen LogP contribution in [0.25, 0.3) is 0 Å². The molecule has 0 bridgehead atoms. The van der Waals surface area contributed by atoms with Crippen LogP contribution in [-0.2, 0) is 53.2 Å². The van der Waals surface area contributed by atoms with Gasteiger partial charge in [0.1, 0.15) is 6.61 Å². The predicted octanol–water partition coefficient (Wildman–Crippen LogP) is 4.62. The van der Waals surface area contributed by atoms with E-state index in [4.69, 9.17) is 16.3 Å². The zero-order valence-corrected chi connectivity index (χ0v) is 19.1. The second-order valence-electron chi connectivity index (χ2n) is 7.55. The largest absolute Gasteiger partial charge is 0.481 e. The van der Waals surface area contributed by atoms with Gasteiger partial charge < -0.3 is 9.84 Å². The van der Waals surface area contributed by atoms with Gasteiger partial charge in [-0.1, -0.05) is 67.9 Å². The Morgan fingerprint density at radius 2 is 1.69 bits per heavy atom. The van der Waals surface area contributed by atoms with Crippen molar-refractivity contribution >= 4 is 23.5 Å². The summed E-state index contributed by atoms with van der Waals surface area (Å²) >= 11 is 6.09. The van der Waals surface area contributed by atoms with Crippen LogP contribution >= 0.6 is 11.6 Å². The van der Waals surface area contributed by atoms with E-state index in [0.717, 1.165) is 33.6 Å². The Morgan fingerprint density at radius 3 is 2.31 bits per heavy atom. The minimum Gasteiger partial charge on any atom is -0.481 e. The Morgan fingerprint density at radius 1 is 1.00 bits per heavy atom. The summed E-state index contributed by atoms with van der Waals surface area (Å²) in [6, 6.07) is 15.0. The highest BCUT2D eigenvalue weighted by molar-refractivity contribution is 6.31. The molecule has 0 amide bonds. The number of aliphatic carboxylic acids is 1. The van der Waals surface area contributed by atoms with Gasteiger partial charge in [0.25, 0.3) is 0 Å². The molecule has 7 heteroatoms. The lowest BCUT2D eigenvalue weighted by atomic mass is 10.1. The Hall–Kier alpha value is -3.12. The lowest BCUT2D eigenvalue weighted by Gasteiger charge is -2.09. The first-order valence-corrected chi connectivity index (χ1v) is 11.0. The smallest absolute Gasteiger partial charge is 0.310 e. The lowest BCUT2D eigenvalue weighted by molar-refractivity contribution is -0.144. The second kappa shape index (κ2) is 11.0. The standard InChI is InChI=1S/C25H27ClN2O4/c1-3-22-20(14-24(29)30)23(4-2)28(27-22)15-18-11-9-17(10-12-18)13-25(31)32-16-19-7-5-6-8-21(19)26/h5-12H,3-4,13-16H2,1-2H3,(H,29,30). The highest BCUT2D eigenvalue weighted by atomic mass is 35.5. The molecule has 0 aliphatic carbocycles. The number of esters is 1. The number of rotatable bonds is 10. The molecule has 1 heterocycles. The maximum atomic E-state index is 12.2. The van der Waals surface area contributed by atoms with Gasteiger partial charge in [-0.15, -0.1) is 0 Å². The number of benzene rings is 2. The minimum atomic E-state index is -0.847. The molecule has 1 aromatic heterocycles. The number of aromatic nitrogens is 2. The van der Waals surface area contributed by atoms with Gasteiger partial charge in [0, 0.05) is 21.8 Å². The molecular weight excluding hydrogens is 428 g/mol. The van der Waals surface area contributed by atoms with Gasteiger partial charge in [0.05, 0.1) is 25.1 Å². The van der Waals surface area contributed by atoms with Crippen LogP contribution < -0.4 is 0 Å². The van der Waals surface area contributed by atoms with Gasteiger partial charge in [0.2, 0.25) is 0 Å². The summed E-state index contributed by atoms with van der Waals surface area (Å²) in [5, 5.41) is 14.5. The molecule has 0 aliphatic heterocycles. The molecular formula is C25H27ClN2O4. The summed E-state index contributed by atoms with van der Waals surface area (Å²) < 4.78 is 7.24. The van der Waals surface area contributed by atoms with E-state index in [0.29, 0.717) is 24.4 Å². The first kappa shape index (κ1) is 23.5. The molecule has 0 saturated carbocycles. The number of carbonyl (C=O) groups excluding carboxylic acids is 1. The van der Waals surface area contributed by atoms with E-state index in [1.807, 2.05) is 61.0 Å². The van der Waals surface area contributed by atoms with Crippen LogP contribution in [-0.4, -0.2) is 26.8 Å². The van der Waals surface area contributed by atoms with Gasteiger partial charge in [-0.05, 0) is 30.0 Å². The van der Waals surface area contributed by atoms with Crippen molar-refractivity contribution < 1.29 is 19.4 Å². The number of hydrogen-bond donors (Lipinski definition) is 1. The molecule has 0 atom stereocenters. The fraction of sp³-hybridized carbons (Fsp3) is 0.320. The van der Waals surface area contributed by atoms with Gasteiger partial charge >= 0.3 is 11.9 Å². The summed E-state index contributed by atoms with van der Waals surface area (Å²) in [7, 11) is 0. The van der Waals surface area contributed by atoms with Crippen LogP contribution in [0.4, 0.5) is 0 Å². The van der Waals surface area contributed by atoms with Gasteiger partial charge in [0.15, 0.2) is 0 Å². The third-order valence-electron chi connectivity index (χ3n) is 5.30. The lowest BCUT2D eigenvalue weighted by Crippen LogP contribution is -2.09. The number of hydrogen-bond acceptors (Lipinski definition) is 4. The van der Waals surface area contributed by atoms with Crippen molar-refractivity contribution in [1.82, 2.24) is 9.78 Å². The quantitative estimate of drug-likeness (QED) is 0.452. The number of ether oxygens (including phenoxy) is 1. The van der Waals surface area contributed by atoms with E-state index < -0.39 is 5.97 Å². The van der Waals surface area contributed by atoms with Crippen molar-refractivity contribution in [2.45, 2.75) is 52.7 Å². The van der Waals surface area contributed by atoms with Gasteiger partial charge in [-0.2, -0.15) is 5.10 Å². The number of carboxylic acid groups (broad SMARTS) is 1. The maximum Gasteiger partial charge on any atom is 0.310 e. The SMILES string of the molecule is CCc1nn(Cc2ccc(CC(=O)OCc3ccccc3Cl)cc2)c(CC)c1CC(=O)O. The summed E-state index contributed by atoms with van der Waals surface area (Å²) in [5.41, 5.74) is 5.27. The summed E-state index contributed by atoms with van der Waals surface area (Å²) in [6.45, 7) is 4.69. The third-order valence-corrected chi connectivity index (χ3v) is 5.67. The Labute approximate surface area is 192 Å². The molecule has 0 unspecified atom stereocenters. The van der Waals surface area contributed by atoms with Crippen LogP contribution in [0, 0.1) is 0 Å². The Kier molecular flexibility index (Phi) is 8.06. The molecule has 1 N–H and O–H groups in total. The van der Waals surface area contributed by atoms with Crippen LogP contribution in [0.3, 0.4) is 0 Å². The van der Waals surface area contributed by atoms with Crippen molar-refractivity contribution in [3.05, 3.63) is 87.2 Å². The molecule has 2 aromatic carbocycles. The molecule has 168 valence electrons. The molecule has 3 aromatic rings. The van der Waals surface area contributed by atoms with E-state index in [1.54, 1.807) is 6.07 Å². The number of nitrogens with zero attached hydrogens (tertiary/aromatic N) is 2. The molecule has 0 radical (unpaired) electrons. The molecule has 32 heavy (non-hydrogen) atoms. The normalized spacial score (nSPS) is 10.8. The maximum absolute atomic E-state index is 12.2. The molecule has 0 spiro atoms. The fourth-order valence-electron chi connectivity index (χ4n) is 3.68. The minimum absolute atomic E-state index is 0.0123.